The predicted molar refractivity (Wildman–Crippen MR) is 179 cm³/mol. The van der Waals surface area contributed by atoms with Crippen LogP contribution in [0.3, 0.4) is 0 Å². The molecule has 0 unspecified atom stereocenters. The number of para-hydroxylation sites is 1. The summed E-state index contributed by atoms with van der Waals surface area (Å²) in [6.07, 6.45) is 7.73. The number of rotatable bonds is 6. The molecule has 5 aromatic carbocycles. The number of hydrogen-bond acceptors (Lipinski definition) is 4. The molecule has 0 saturated carbocycles. The molecule has 0 bridgehead atoms. The standard InChI is InChI=1S/C39H28N4/c1-3-27(18-17-26(2)35-16-8-14-30-15-9-23-40-36(30)35)37-41-38(33-21-19-28-10-4-6-12-31(28)24-33)43-39(42-37)34-22-20-29-11-5-7-13-32(29)25-34/h3-25H,1H2,2H3/b26-17+,27-18+. The maximum Gasteiger partial charge on any atom is 0.164 e. The van der Waals surface area contributed by atoms with E-state index in [1.807, 2.05) is 42.6 Å². The van der Waals surface area contributed by atoms with E-state index in [9.17, 15) is 0 Å². The first-order valence-corrected chi connectivity index (χ1v) is 14.3. The van der Waals surface area contributed by atoms with Gasteiger partial charge >= 0.3 is 0 Å². The summed E-state index contributed by atoms with van der Waals surface area (Å²) in [5.41, 5.74) is 5.82. The van der Waals surface area contributed by atoms with Gasteiger partial charge in [-0.3, -0.25) is 4.98 Å². The normalized spacial score (nSPS) is 12.2. The van der Waals surface area contributed by atoms with Crippen LogP contribution >= 0.6 is 0 Å². The molecule has 0 N–H and O–H groups in total. The third-order valence-electron chi connectivity index (χ3n) is 7.70. The molecule has 4 heteroatoms. The minimum absolute atomic E-state index is 0.566. The molecule has 0 radical (unpaired) electrons. The molecule has 0 spiro atoms. The number of allylic oxidation sites excluding steroid dienone is 5. The molecule has 204 valence electrons. The Labute approximate surface area is 250 Å². The molecule has 0 aliphatic rings. The van der Waals surface area contributed by atoms with Crippen LogP contribution < -0.4 is 0 Å². The summed E-state index contributed by atoms with van der Waals surface area (Å²) < 4.78 is 0. The van der Waals surface area contributed by atoms with Gasteiger partial charge in [-0.1, -0.05) is 122 Å². The maximum atomic E-state index is 4.97. The zero-order valence-electron chi connectivity index (χ0n) is 23.8. The van der Waals surface area contributed by atoms with Crippen molar-refractivity contribution in [1.82, 2.24) is 19.9 Å². The van der Waals surface area contributed by atoms with Gasteiger partial charge in [0.1, 0.15) is 0 Å². The summed E-state index contributed by atoms with van der Waals surface area (Å²) in [7, 11) is 0. The second-order valence-corrected chi connectivity index (χ2v) is 10.5. The number of nitrogens with zero attached hydrogens (tertiary/aromatic N) is 4. The van der Waals surface area contributed by atoms with Crippen LogP contribution in [0.4, 0.5) is 0 Å². The van der Waals surface area contributed by atoms with E-state index in [1.165, 1.54) is 10.8 Å². The topological polar surface area (TPSA) is 51.6 Å². The van der Waals surface area contributed by atoms with E-state index < -0.39 is 0 Å². The molecule has 2 heterocycles. The van der Waals surface area contributed by atoms with E-state index in [1.54, 1.807) is 6.08 Å². The molecule has 43 heavy (non-hydrogen) atoms. The number of pyridine rings is 1. The molecule has 7 aromatic rings. The molecule has 0 fully saturated rings. The van der Waals surface area contributed by atoms with Crippen LogP contribution in [0.1, 0.15) is 18.3 Å². The second-order valence-electron chi connectivity index (χ2n) is 10.5. The summed E-state index contributed by atoms with van der Waals surface area (Å²) in [5, 5.41) is 5.72. The molecule has 0 aliphatic carbocycles. The van der Waals surface area contributed by atoms with Gasteiger partial charge in [0.15, 0.2) is 17.5 Å². The second kappa shape index (κ2) is 11.3. The lowest BCUT2D eigenvalue weighted by Crippen LogP contribution is -2.02. The fourth-order valence-corrected chi connectivity index (χ4v) is 5.38. The molecular formula is C39H28N4. The third-order valence-corrected chi connectivity index (χ3v) is 7.70. The Hall–Kier alpha value is -5.74. The summed E-state index contributed by atoms with van der Waals surface area (Å²) in [5.74, 6) is 1.80. The lowest BCUT2D eigenvalue weighted by atomic mass is 10.0. The molecule has 0 saturated heterocycles. The Morgan fingerprint density at radius 2 is 1.16 bits per heavy atom. The molecule has 2 aromatic heterocycles. The zero-order valence-corrected chi connectivity index (χ0v) is 23.8. The number of benzene rings is 5. The summed E-state index contributed by atoms with van der Waals surface area (Å²) in [6, 6.07) is 39.5. The summed E-state index contributed by atoms with van der Waals surface area (Å²) >= 11 is 0. The van der Waals surface area contributed by atoms with Crippen LogP contribution in [-0.2, 0) is 0 Å². The minimum atomic E-state index is 0.566. The van der Waals surface area contributed by atoms with Gasteiger partial charge in [0.2, 0.25) is 0 Å². The van der Waals surface area contributed by atoms with Gasteiger partial charge < -0.3 is 0 Å². The van der Waals surface area contributed by atoms with Gasteiger partial charge in [0, 0.05) is 33.8 Å². The lowest BCUT2D eigenvalue weighted by molar-refractivity contribution is 1.04. The van der Waals surface area contributed by atoms with Gasteiger partial charge in [-0.25, -0.2) is 15.0 Å². The Bertz CT molecular complexity index is 2120. The van der Waals surface area contributed by atoms with E-state index in [0.717, 1.165) is 49.5 Å². The van der Waals surface area contributed by atoms with Crippen LogP contribution in [0, 0.1) is 0 Å². The highest BCUT2D eigenvalue weighted by Crippen LogP contribution is 2.29. The quantitative estimate of drug-likeness (QED) is 0.193. The predicted octanol–water partition coefficient (Wildman–Crippen LogP) is 9.73. The van der Waals surface area contributed by atoms with Crippen LogP contribution in [0.15, 0.2) is 146 Å². The fraction of sp³-hybridized carbons (Fsp3) is 0.0256. The number of hydrogen-bond donors (Lipinski definition) is 0. The lowest BCUT2D eigenvalue weighted by Gasteiger charge is -2.10. The monoisotopic (exact) mass is 552 g/mol. The molecule has 4 nitrogen and oxygen atoms in total. The van der Waals surface area contributed by atoms with Crippen molar-refractivity contribution in [3.05, 3.63) is 158 Å². The summed E-state index contributed by atoms with van der Waals surface area (Å²) in [6.45, 7) is 6.21. The highest BCUT2D eigenvalue weighted by molar-refractivity contribution is 5.91. The Balaban J connectivity index is 1.37. The van der Waals surface area contributed by atoms with Crippen molar-refractivity contribution < 1.29 is 0 Å². The van der Waals surface area contributed by atoms with Gasteiger partial charge in [-0.2, -0.15) is 0 Å². The number of fused-ring (bicyclic) bond motifs is 3. The average molecular weight is 553 g/mol. The maximum absolute atomic E-state index is 4.97. The molecule has 0 atom stereocenters. The van der Waals surface area contributed by atoms with Crippen LogP contribution in [0.2, 0.25) is 0 Å². The summed E-state index contributed by atoms with van der Waals surface area (Å²) in [4.78, 5) is 19.5. The molecule has 0 aliphatic heterocycles. The van der Waals surface area contributed by atoms with Crippen LogP contribution in [0.5, 0.6) is 0 Å². The van der Waals surface area contributed by atoms with Crippen LogP contribution in [0.25, 0.3) is 66.4 Å². The first-order valence-electron chi connectivity index (χ1n) is 14.3. The number of aromatic nitrogens is 4. The van der Waals surface area contributed by atoms with Crippen molar-refractivity contribution in [3.8, 4) is 22.8 Å². The van der Waals surface area contributed by atoms with E-state index in [-0.39, 0.29) is 0 Å². The van der Waals surface area contributed by atoms with Gasteiger partial charge in [0.05, 0.1) is 5.52 Å². The van der Waals surface area contributed by atoms with Crippen molar-refractivity contribution in [2.45, 2.75) is 6.92 Å². The zero-order chi connectivity index (χ0) is 29.2. The molecular weight excluding hydrogens is 524 g/mol. The van der Waals surface area contributed by atoms with Crippen molar-refractivity contribution in [2.24, 2.45) is 0 Å². The van der Waals surface area contributed by atoms with Crippen molar-refractivity contribution in [3.63, 3.8) is 0 Å². The van der Waals surface area contributed by atoms with E-state index in [4.69, 9.17) is 15.0 Å². The van der Waals surface area contributed by atoms with E-state index in [2.05, 4.69) is 109 Å². The van der Waals surface area contributed by atoms with Crippen molar-refractivity contribution in [2.75, 3.05) is 0 Å². The van der Waals surface area contributed by atoms with Crippen molar-refractivity contribution in [1.29, 1.82) is 0 Å². The Morgan fingerprint density at radius 3 is 1.79 bits per heavy atom. The van der Waals surface area contributed by atoms with E-state index >= 15 is 0 Å². The SMILES string of the molecule is C=C/C(=C\C=C(/C)c1cccc2cccnc12)c1nc(-c2ccc3ccccc3c2)nc(-c2ccc3ccccc3c2)n1. The van der Waals surface area contributed by atoms with Gasteiger partial charge in [0.25, 0.3) is 0 Å². The molecule has 7 rings (SSSR count). The fourth-order valence-electron chi connectivity index (χ4n) is 5.38. The largest absolute Gasteiger partial charge is 0.256 e. The molecule has 0 amide bonds. The van der Waals surface area contributed by atoms with Crippen molar-refractivity contribution >= 4 is 43.6 Å². The van der Waals surface area contributed by atoms with Gasteiger partial charge in [-0.15, -0.1) is 0 Å². The first kappa shape index (κ1) is 26.2. The Morgan fingerprint density at radius 1 is 0.581 bits per heavy atom. The van der Waals surface area contributed by atoms with Crippen LogP contribution in [-0.4, -0.2) is 19.9 Å². The smallest absolute Gasteiger partial charge is 0.164 e. The Kier molecular flexibility index (Phi) is 6.86. The highest BCUT2D eigenvalue weighted by Gasteiger charge is 2.14. The van der Waals surface area contributed by atoms with Gasteiger partial charge in [-0.05, 0) is 52.2 Å². The average Bonchev–Trinajstić information content (AvgIpc) is 3.07. The third kappa shape index (κ3) is 5.22. The first-order chi connectivity index (χ1) is 21.2. The van der Waals surface area contributed by atoms with E-state index in [0.29, 0.717) is 17.5 Å². The minimum Gasteiger partial charge on any atom is -0.256 e. The highest BCUT2D eigenvalue weighted by atomic mass is 15.0.